The Morgan fingerprint density at radius 1 is 0.947 bits per heavy atom. The normalized spacial score (nSPS) is 11.7. The Bertz CT molecular complexity index is 315. The first-order valence-corrected chi connectivity index (χ1v) is 15.9. The monoisotopic (exact) mass is 370 g/mol. The van der Waals surface area contributed by atoms with E-state index in [0.29, 0.717) is 0 Å². The molecule has 1 aromatic carbocycles. The molecule has 0 amide bonds. The van der Waals surface area contributed by atoms with Crippen molar-refractivity contribution in [2.24, 2.45) is 0 Å². The van der Waals surface area contributed by atoms with Crippen LogP contribution < -0.4 is 0 Å². The number of rotatable bonds is 10. The Morgan fingerprint density at radius 3 is 2.05 bits per heavy atom. The van der Waals surface area contributed by atoms with Gasteiger partial charge in [0.15, 0.2) is 0 Å². The van der Waals surface area contributed by atoms with Crippen LogP contribution in [0.5, 0.6) is 0 Å². The molecule has 0 aliphatic carbocycles. The van der Waals surface area contributed by atoms with Gasteiger partial charge in [0.2, 0.25) is 0 Å². The van der Waals surface area contributed by atoms with Gasteiger partial charge in [-0.2, -0.15) is 0 Å². The van der Waals surface area contributed by atoms with Crippen molar-refractivity contribution in [2.75, 3.05) is 6.61 Å². The second kappa shape index (κ2) is 9.82. The van der Waals surface area contributed by atoms with Crippen LogP contribution in [0, 0.1) is 0 Å². The molecular weight excluding hydrogens is 339 g/mol. The Balaban J connectivity index is 2.39. The van der Waals surface area contributed by atoms with E-state index in [-0.39, 0.29) is 0 Å². The summed E-state index contributed by atoms with van der Waals surface area (Å²) in [5, 5.41) is 0. The van der Waals surface area contributed by atoms with E-state index in [2.05, 4.69) is 49.1 Å². The fraction of sp³-hybridized carbons (Fsp3) is 0.647. The molecule has 0 unspecified atom stereocenters. The molecule has 1 nitrogen and oxygen atoms in total. The molecule has 0 heterocycles. The molecule has 0 bridgehead atoms. The van der Waals surface area contributed by atoms with Gasteiger partial charge in [-0.05, 0) is 0 Å². The molecule has 19 heavy (non-hydrogen) atoms. The molecule has 0 aromatic heterocycles. The van der Waals surface area contributed by atoms with Gasteiger partial charge >= 0.3 is 124 Å². The first-order chi connectivity index (χ1) is 9.20. The van der Waals surface area contributed by atoms with E-state index >= 15 is 0 Å². The summed E-state index contributed by atoms with van der Waals surface area (Å²) in [6, 6.07) is 10.7. The third kappa shape index (κ3) is 7.36. The molecule has 1 rings (SSSR count). The number of hydrogen-bond donors (Lipinski definition) is 0. The fourth-order valence-corrected chi connectivity index (χ4v) is 12.0. The van der Waals surface area contributed by atoms with Crippen molar-refractivity contribution in [3.8, 4) is 0 Å². The Morgan fingerprint density at radius 2 is 1.53 bits per heavy atom. The van der Waals surface area contributed by atoms with Gasteiger partial charge in [-0.1, -0.05) is 0 Å². The fourth-order valence-electron chi connectivity index (χ4n) is 2.43. The van der Waals surface area contributed by atoms with Crippen molar-refractivity contribution in [3.63, 3.8) is 0 Å². The molecule has 0 atom stereocenters. The summed E-state index contributed by atoms with van der Waals surface area (Å²) in [7, 11) is 0. The topological polar surface area (TPSA) is 9.23 Å². The summed E-state index contributed by atoms with van der Waals surface area (Å²) in [6.07, 6.45) is 6.41. The quantitative estimate of drug-likeness (QED) is 0.501. The van der Waals surface area contributed by atoms with Crippen LogP contribution >= 0.6 is 0 Å². The summed E-state index contributed by atoms with van der Waals surface area (Å²) in [5.41, 5.74) is 1.40. The molecule has 2 heteroatoms. The summed E-state index contributed by atoms with van der Waals surface area (Å²) >= 11 is -2.23. The predicted octanol–water partition coefficient (Wildman–Crippen LogP) is 5.42. The standard InChI is InChI=1S/C8H9O.2C4H9.CH3.Sn/c9-7-6-8-4-2-1-3-5-8;2*1-3-4-2;;/h1-5H,6-7H2;2*1,3-4H2,2H3;1H3;/q-1;;;;+1. The van der Waals surface area contributed by atoms with E-state index in [9.17, 15) is 0 Å². The Labute approximate surface area is 124 Å². The third-order valence-electron chi connectivity index (χ3n) is 3.80. The average Bonchev–Trinajstić information content (AvgIpc) is 2.44. The maximum absolute atomic E-state index is 6.45. The van der Waals surface area contributed by atoms with Gasteiger partial charge in [0.25, 0.3) is 0 Å². The van der Waals surface area contributed by atoms with Gasteiger partial charge in [0, 0.05) is 0 Å². The van der Waals surface area contributed by atoms with Crippen LogP contribution in [0.15, 0.2) is 30.3 Å². The zero-order chi connectivity index (χ0) is 14.0. The summed E-state index contributed by atoms with van der Waals surface area (Å²) < 4.78 is 9.25. The van der Waals surface area contributed by atoms with E-state index in [0.717, 1.165) is 13.0 Å². The number of benzene rings is 1. The Hall–Kier alpha value is -0.0213. The first-order valence-electron chi connectivity index (χ1n) is 7.88. The third-order valence-corrected chi connectivity index (χ3v) is 14.4. The molecule has 0 N–H and O–H groups in total. The van der Waals surface area contributed by atoms with Gasteiger partial charge in [-0.3, -0.25) is 0 Å². The first kappa shape index (κ1) is 17.0. The molecule has 0 spiro atoms. The second-order valence-corrected chi connectivity index (χ2v) is 17.7. The van der Waals surface area contributed by atoms with Crippen molar-refractivity contribution >= 4 is 18.8 Å². The maximum atomic E-state index is 6.45. The zero-order valence-electron chi connectivity index (χ0n) is 13.0. The Kier molecular flexibility index (Phi) is 8.80. The van der Waals surface area contributed by atoms with Gasteiger partial charge in [-0.15, -0.1) is 0 Å². The van der Waals surface area contributed by atoms with Crippen molar-refractivity contribution in [2.45, 2.75) is 59.8 Å². The molecular formula is C17H30OSn. The summed E-state index contributed by atoms with van der Waals surface area (Å²) in [4.78, 5) is 2.50. The number of hydrogen-bond acceptors (Lipinski definition) is 1. The van der Waals surface area contributed by atoms with Crippen molar-refractivity contribution < 1.29 is 3.07 Å². The molecule has 1 aromatic rings. The van der Waals surface area contributed by atoms with Crippen LogP contribution in [0.4, 0.5) is 0 Å². The van der Waals surface area contributed by atoms with Crippen molar-refractivity contribution in [1.29, 1.82) is 0 Å². The van der Waals surface area contributed by atoms with Crippen LogP contribution in [-0.2, 0) is 9.49 Å². The molecule has 0 aliphatic rings. The predicted molar refractivity (Wildman–Crippen MR) is 87.1 cm³/mol. The van der Waals surface area contributed by atoms with Crippen molar-refractivity contribution in [3.05, 3.63) is 35.9 Å². The van der Waals surface area contributed by atoms with Gasteiger partial charge in [0.05, 0.1) is 0 Å². The second-order valence-electron chi connectivity index (χ2n) is 5.74. The molecule has 0 radical (unpaired) electrons. The van der Waals surface area contributed by atoms with Gasteiger partial charge in [-0.25, -0.2) is 0 Å². The molecule has 108 valence electrons. The molecule has 0 fully saturated rings. The summed E-state index contributed by atoms with van der Waals surface area (Å²) in [6.45, 7) is 5.51. The van der Waals surface area contributed by atoms with Gasteiger partial charge < -0.3 is 0 Å². The number of unbranched alkanes of at least 4 members (excludes halogenated alkanes) is 2. The molecule has 0 saturated carbocycles. The average molecular weight is 369 g/mol. The summed E-state index contributed by atoms with van der Waals surface area (Å²) in [5.74, 6) is 0. The van der Waals surface area contributed by atoms with Crippen LogP contribution in [0.25, 0.3) is 0 Å². The minimum atomic E-state index is -2.23. The van der Waals surface area contributed by atoms with E-state index in [1.165, 1.54) is 40.1 Å². The zero-order valence-corrected chi connectivity index (χ0v) is 15.8. The van der Waals surface area contributed by atoms with Crippen LogP contribution in [-0.4, -0.2) is 25.4 Å². The van der Waals surface area contributed by atoms with Crippen LogP contribution in [0.3, 0.4) is 0 Å². The van der Waals surface area contributed by atoms with Crippen LogP contribution in [0.1, 0.15) is 45.1 Å². The van der Waals surface area contributed by atoms with Crippen molar-refractivity contribution in [1.82, 2.24) is 0 Å². The SMILES string of the molecule is CCC[CH2][Sn]([CH3])([CH2]CCC)[O]CCc1ccccc1. The van der Waals surface area contributed by atoms with E-state index in [4.69, 9.17) is 3.07 Å². The minimum absolute atomic E-state index is 0.935. The molecule has 0 saturated heterocycles. The van der Waals surface area contributed by atoms with E-state index < -0.39 is 18.8 Å². The molecule has 0 aliphatic heterocycles. The van der Waals surface area contributed by atoms with Crippen LogP contribution in [0.2, 0.25) is 13.8 Å². The van der Waals surface area contributed by atoms with Gasteiger partial charge in [0.1, 0.15) is 0 Å². The van der Waals surface area contributed by atoms with E-state index in [1.54, 1.807) is 0 Å². The van der Waals surface area contributed by atoms with E-state index in [1.807, 2.05) is 0 Å².